The molecule has 0 saturated heterocycles. The first-order chi connectivity index (χ1) is 5.82. The summed E-state index contributed by atoms with van der Waals surface area (Å²) in [6, 6.07) is 0. The smallest absolute Gasteiger partial charge is 0.275 e. The summed E-state index contributed by atoms with van der Waals surface area (Å²) in [6.45, 7) is 2.20. The van der Waals surface area contributed by atoms with Gasteiger partial charge in [0.25, 0.3) is 11.2 Å². The van der Waals surface area contributed by atoms with Crippen molar-refractivity contribution in [2.45, 2.75) is 19.8 Å². The Hall–Kier alpha value is -0.550. The molecule has 1 aromatic heterocycles. The summed E-state index contributed by atoms with van der Waals surface area (Å²) < 4.78 is 25.4. The normalized spacial score (nSPS) is 11.8. The van der Waals surface area contributed by atoms with E-state index in [0.717, 1.165) is 6.92 Å². The molecule has 1 rings (SSSR count). The summed E-state index contributed by atoms with van der Waals surface area (Å²) in [6.07, 6.45) is 0. The molecular weight excluding hydrogens is 220 g/mol. The average Bonchev–Trinajstić information content (AvgIpc) is 2.29. The van der Waals surface area contributed by atoms with Crippen molar-refractivity contribution in [2.24, 2.45) is 0 Å². The number of hydrogen-bond acceptors (Lipinski definition) is 3. The number of aryl methyl sites for hydroxylation is 1. The zero-order chi connectivity index (χ0) is 10.2. The van der Waals surface area contributed by atoms with Gasteiger partial charge in [0, 0.05) is 6.92 Å². The Balaban J connectivity index is 3.17. The lowest BCUT2D eigenvalue weighted by molar-refractivity contribution is 0.0171. The van der Waals surface area contributed by atoms with Gasteiger partial charge in [-0.05, 0) is 18.5 Å². The summed E-state index contributed by atoms with van der Waals surface area (Å²) in [5, 5.41) is -1.13. The highest BCUT2D eigenvalue weighted by molar-refractivity contribution is 7.15. The molecule has 72 valence electrons. The number of thiazole rings is 1. The molecule has 0 saturated carbocycles. The van der Waals surface area contributed by atoms with E-state index in [0.29, 0.717) is 11.3 Å². The van der Waals surface area contributed by atoms with Crippen LogP contribution in [-0.2, 0) is 5.92 Å². The van der Waals surface area contributed by atoms with Crippen LogP contribution in [0.15, 0.2) is 0 Å². The van der Waals surface area contributed by atoms with Gasteiger partial charge in [0.15, 0.2) is 5.01 Å². The van der Waals surface area contributed by atoms with E-state index in [1.807, 2.05) is 0 Å². The summed E-state index contributed by atoms with van der Waals surface area (Å²) in [5.41, 5.74) is 0.251. The molecule has 0 amide bonds. The molecule has 1 aromatic rings. The van der Waals surface area contributed by atoms with Crippen molar-refractivity contribution in [3.63, 3.8) is 0 Å². The van der Waals surface area contributed by atoms with Crippen LogP contribution >= 0.6 is 22.9 Å². The highest BCUT2D eigenvalue weighted by Crippen LogP contribution is 2.32. The fourth-order valence-corrected chi connectivity index (χ4v) is 1.85. The fourth-order valence-electron chi connectivity index (χ4n) is 0.767. The maximum absolute atomic E-state index is 12.7. The second-order valence-electron chi connectivity index (χ2n) is 2.60. The van der Waals surface area contributed by atoms with Crippen LogP contribution in [0.4, 0.5) is 8.78 Å². The number of rotatable bonds is 2. The summed E-state index contributed by atoms with van der Waals surface area (Å²) >= 11 is 5.79. The Morgan fingerprint density at radius 2 is 2.15 bits per heavy atom. The van der Waals surface area contributed by atoms with Gasteiger partial charge in [-0.25, -0.2) is 4.98 Å². The highest BCUT2D eigenvalue weighted by atomic mass is 35.5. The molecule has 6 heteroatoms. The van der Waals surface area contributed by atoms with Gasteiger partial charge in [-0.15, -0.1) is 11.3 Å². The third-order valence-electron chi connectivity index (χ3n) is 1.35. The minimum Gasteiger partial charge on any atom is -0.275 e. The first kappa shape index (κ1) is 10.5. The van der Waals surface area contributed by atoms with Gasteiger partial charge in [0.1, 0.15) is 4.88 Å². The Bertz CT molecular complexity index is 345. The van der Waals surface area contributed by atoms with Crippen LogP contribution in [0.1, 0.15) is 27.3 Å². The van der Waals surface area contributed by atoms with Crippen molar-refractivity contribution < 1.29 is 13.6 Å². The van der Waals surface area contributed by atoms with Crippen molar-refractivity contribution in [1.82, 2.24) is 4.98 Å². The fraction of sp³-hybridized carbons (Fsp3) is 0.429. The van der Waals surface area contributed by atoms with Crippen LogP contribution in [-0.4, -0.2) is 10.2 Å². The van der Waals surface area contributed by atoms with Crippen molar-refractivity contribution in [2.75, 3.05) is 0 Å². The van der Waals surface area contributed by atoms with Gasteiger partial charge >= 0.3 is 0 Å². The maximum atomic E-state index is 12.7. The third kappa shape index (κ3) is 2.22. The van der Waals surface area contributed by atoms with E-state index in [1.165, 1.54) is 6.92 Å². The SMILES string of the molecule is Cc1nc(C(C)(F)F)sc1C(=O)Cl. The topological polar surface area (TPSA) is 30.0 Å². The minimum absolute atomic E-state index is 0.0817. The lowest BCUT2D eigenvalue weighted by Crippen LogP contribution is -2.05. The lowest BCUT2D eigenvalue weighted by atomic mass is 10.4. The molecule has 0 aliphatic carbocycles. The van der Waals surface area contributed by atoms with Gasteiger partial charge in [0.05, 0.1) is 5.69 Å². The van der Waals surface area contributed by atoms with Crippen LogP contribution in [0.3, 0.4) is 0 Å². The molecule has 2 nitrogen and oxygen atoms in total. The molecule has 0 spiro atoms. The first-order valence-corrected chi connectivity index (χ1v) is 4.57. The Morgan fingerprint density at radius 3 is 2.38 bits per heavy atom. The van der Waals surface area contributed by atoms with Crippen LogP contribution < -0.4 is 0 Å². The summed E-state index contributed by atoms with van der Waals surface area (Å²) in [5.74, 6) is -3.01. The Labute approximate surface area is 82.5 Å². The molecule has 0 N–H and O–H groups in total. The predicted molar refractivity (Wildman–Crippen MR) is 46.6 cm³/mol. The molecule has 0 aliphatic heterocycles. The predicted octanol–water partition coefficient (Wildman–Crippen LogP) is 2.94. The van der Waals surface area contributed by atoms with E-state index in [-0.39, 0.29) is 15.6 Å². The summed E-state index contributed by atoms with van der Waals surface area (Å²) in [4.78, 5) is 14.3. The van der Waals surface area contributed by atoms with Crippen LogP contribution in [0, 0.1) is 6.92 Å². The quantitative estimate of drug-likeness (QED) is 0.725. The van der Waals surface area contributed by atoms with Gasteiger partial charge in [0.2, 0.25) is 0 Å². The number of alkyl halides is 2. The van der Waals surface area contributed by atoms with Crippen LogP contribution in [0.2, 0.25) is 0 Å². The molecule has 1 heterocycles. The number of aromatic nitrogens is 1. The van der Waals surface area contributed by atoms with Gasteiger partial charge in [-0.2, -0.15) is 8.78 Å². The molecule has 0 aliphatic rings. The molecule has 0 radical (unpaired) electrons. The monoisotopic (exact) mass is 225 g/mol. The number of carbonyl (C=O) groups excluding carboxylic acids is 1. The first-order valence-electron chi connectivity index (χ1n) is 3.38. The standard InChI is InChI=1S/C7H6ClF2NOS/c1-3-4(5(8)12)13-6(11-3)7(2,9)10/h1-2H3. The van der Waals surface area contributed by atoms with E-state index < -0.39 is 11.2 Å². The molecule has 0 aromatic carbocycles. The van der Waals surface area contributed by atoms with E-state index in [9.17, 15) is 13.6 Å². The molecule has 13 heavy (non-hydrogen) atoms. The number of carbonyl (C=O) groups is 1. The number of nitrogens with zero attached hydrogens (tertiary/aromatic N) is 1. The zero-order valence-corrected chi connectivity index (χ0v) is 8.47. The second kappa shape index (κ2) is 3.31. The molecular formula is C7H6ClF2NOS. The molecule has 0 fully saturated rings. The van der Waals surface area contributed by atoms with Crippen molar-refractivity contribution in [3.8, 4) is 0 Å². The highest BCUT2D eigenvalue weighted by Gasteiger charge is 2.30. The van der Waals surface area contributed by atoms with E-state index >= 15 is 0 Å². The average molecular weight is 226 g/mol. The van der Waals surface area contributed by atoms with Gasteiger partial charge < -0.3 is 0 Å². The van der Waals surface area contributed by atoms with Gasteiger partial charge in [-0.1, -0.05) is 0 Å². The van der Waals surface area contributed by atoms with E-state index in [1.54, 1.807) is 0 Å². The van der Waals surface area contributed by atoms with Crippen LogP contribution in [0.25, 0.3) is 0 Å². The number of halogens is 3. The second-order valence-corrected chi connectivity index (χ2v) is 3.94. The minimum atomic E-state index is -3.01. The largest absolute Gasteiger partial charge is 0.296 e. The maximum Gasteiger partial charge on any atom is 0.296 e. The van der Waals surface area contributed by atoms with Crippen LogP contribution in [0.5, 0.6) is 0 Å². The van der Waals surface area contributed by atoms with Crippen molar-refractivity contribution in [3.05, 3.63) is 15.6 Å². The molecule has 0 bridgehead atoms. The van der Waals surface area contributed by atoms with E-state index in [4.69, 9.17) is 11.6 Å². The van der Waals surface area contributed by atoms with Crippen molar-refractivity contribution >= 4 is 28.2 Å². The van der Waals surface area contributed by atoms with E-state index in [2.05, 4.69) is 4.98 Å². The Kier molecular flexibility index (Phi) is 2.68. The number of hydrogen-bond donors (Lipinski definition) is 0. The zero-order valence-electron chi connectivity index (χ0n) is 6.90. The third-order valence-corrected chi connectivity index (χ3v) is 2.98. The summed E-state index contributed by atoms with van der Waals surface area (Å²) in [7, 11) is 0. The van der Waals surface area contributed by atoms with Gasteiger partial charge in [-0.3, -0.25) is 4.79 Å². The molecule has 0 unspecified atom stereocenters. The van der Waals surface area contributed by atoms with Crippen molar-refractivity contribution in [1.29, 1.82) is 0 Å². The molecule has 0 atom stereocenters. The Morgan fingerprint density at radius 1 is 1.62 bits per heavy atom. The lowest BCUT2D eigenvalue weighted by Gasteiger charge is -2.03.